The minimum Gasteiger partial charge on any atom is -0.0956 e. The Hall–Kier alpha value is -0.520. The Morgan fingerprint density at radius 2 is 1.08 bits per heavy atom. The zero-order valence-electron chi connectivity index (χ0n) is 8.98. The molecule has 0 nitrogen and oxygen atoms in total. The zero-order chi connectivity index (χ0) is 9.72. The monoisotopic (exact) mass is 166 g/mol. The molecule has 0 aliphatic rings. The quantitative estimate of drug-likeness (QED) is 0.537. The third kappa shape index (κ3) is 5.17. The highest BCUT2D eigenvalue weighted by atomic mass is 14.1. The van der Waals surface area contributed by atoms with Gasteiger partial charge in [0, 0.05) is 0 Å². The van der Waals surface area contributed by atoms with Gasteiger partial charge in [0.1, 0.15) is 0 Å². The molecule has 0 bridgehead atoms. The second kappa shape index (κ2) is 5.18. The first kappa shape index (κ1) is 11.5. The topological polar surface area (TPSA) is 0 Å². The number of allylic oxidation sites excluding steroid dienone is 2. The fourth-order valence-corrected chi connectivity index (χ4v) is 1.27. The van der Waals surface area contributed by atoms with Gasteiger partial charge in [0.15, 0.2) is 0 Å². The molecule has 0 fully saturated rings. The van der Waals surface area contributed by atoms with Crippen LogP contribution in [-0.2, 0) is 0 Å². The molecule has 0 atom stereocenters. The molecular formula is C12H22. The van der Waals surface area contributed by atoms with Crippen molar-refractivity contribution < 1.29 is 0 Å². The smallest absolute Gasteiger partial charge is 0.0259 e. The molecule has 0 N–H and O–H groups in total. The van der Waals surface area contributed by atoms with Crippen molar-refractivity contribution in [2.24, 2.45) is 11.8 Å². The van der Waals surface area contributed by atoms with E-state index in [1.54, 1.807) is 0 Å². The Morgan fingerprint density at radius 3 is 1.25 bits per heavy atom. The van der Waals surface area contributed by atoms with Crippen molar-refractivity contribution in [3.63, 3.8) is 0 Å². The first-order valence-corrected chi connectivity index (χ1v) is 4.79. The predicted molar refractivity (Wildman–Crippen MR) is 57.2 cm³/mol. The summed E-state index contributed by atoms with van der Waals surface area (Å²) in [6, 6.07) is 0. The van der Waals surface area contributed by atoms with Crippen LogP contribution >= 0.6 is 0 Å². The molecule has 0 aliphatic carbocycles. The van der Waals surface area contributed by atoms with Crippen molar-refractivity contribution in [1.29, 1.82) is 0 Å². The first-order valence-electron chi connectivity index (χ1n) is 4.79. The summed E-state index contributed by atoms with van der Waals surface area (Å²) >= 11 is 0. The van der Waals surface area contributed by atoms with E-state index in [4.69, 9.17) is 0 Å². The van der Waals surface area contributed by atoms with Crippen molar-refractivity contribution in [2.75, 3.05) is 0 Å². The van der Waals surface area contributed by atoms with Gasteiger partial charge in [-0.05, 0) is 24.7 Å². The van der Waals surface area contributed by atoms with Crippen molar-refractivity contribution >= 4 is 0 Å². The third-order valence-corrected chi connectivity index (χ3v) is 1.81. The van der Waals surface area contributed by atoms with E-state index < -0.39 is 0 Å². The minimum atomic E-state index is 0.696. The van der Waals surface area contributed by atoms with Crippen LogP contribution in [0.1, 0.15) is 40.5 Å². The highest BCUT2D eigenvalue weighted by Crippen LogP contribution is 2.21. The fraction of sp³-hybridized carbons (Fsp3) is 0.667. The maximum absolute atomic E-state index is 4.05. The molecule has 0 unspecified atom stereocenters. The Kier molecular flexibility index (Phi) is 4.96. The van der Waals surface area contributed by atoms with Crippen molar-refractivity contribution in [1.82, 2.24) is 0 Å². The van der Waals surface area contributed by atoms with Crippen LogP contribution in [0, 0.1) is 11.8 Å². The van der Waals surface area contributed by atoms with Gasteiger partial charge in [0.05, 0.1) is 0 Å². The molecule has 12 heavy (non-hydrogen) atoms. The van der Waals surface area contributed by atoms with E-state index in [0.29, 0.717) is 11.8 Å². The standard InChI is InChI=1S/C12H22/c1-9(2)7-11(5)12(6)8-10(3)4/h9-10H,5-8H2,1-4H3. The Labute approximate surface area is 77.4 Å². The largest absolute Gasteiger partial charge is 0.0956 e. The summed E-state index contributed by atoms with van der Waals surface area (Å²) < 4.78 is 0. The first-order chi connectivity index (χ1) is 5.43. The molecule has 0 heteroatoms. The summed E-state index contributed by atoms with van der Waals surface area (Å²) in [4.78, 5) is 0. The second-order valence-corrected chi connectivity index (χ2v) is 4.40. The SMILES string of the molecule is C=C(CC(C)C)C(=C)CC(C)C. The van der Waals surface area contributed by atoms with E-state index >= 15 is 0 Å². The molecule has 0 spiro atoms. The average Bonchev–Trinajstić information content (AvgIpc) is 1.84. The molecule has 0 rings (SSSR count). The highest BCUT2D eigenvalue weighted by molar-refractivity contribution is 5.25. The van der Waals surface area contributed by atoms with Gasteiger partial charge in [-0.1, -0.05) is 52.0 Å². The lowest BCUT2D eigenvalue weighted by Crippen LogP contribution is -1.97. The molecule has 0 aromatic rings. The molecule has 0 saturated heterocycles. The molecule has 0 saturated carbocycles. The van der Waals surface area contributed by atoms with Gasteiger partial charge in [-0.25, -0.2) is 0 Å². The van der Waals surface area contributed by atoms with E-state index in [2.05, 4.69) is 40.9 Å². The molecule has 0 radical (unpaired) electrons. The van der Waals surface area contributed by atoms with E-state index in [0.717, 1.165) is 12.8 Å². The van der Waals surface area contributed by atoms with Gasteiger partial charge in [0.2, 0.25) is 0 Å². The zero-order valence-corrected chi connectivity index (χ0v) is 8.98. The second-order valence-electron chi connectivity index (χ2n) is 4.40. The van der Waals surface area contributed by atoms with Crippen LogP contribution in [0.5, 0.6) is 0 Å². The van der Waals surface area contributed by atoms with Gasteiger partial charge in [-0.3, -0.25) is 0 Å². The summed E-state index contributed by atoms with van der Waals surface area (Å²) in [6.45, 7) is 17.0. The maximum atomic E-state index is 4.05. The molecular weight excluding hydrogens is 144 g/mol. The van der Waals surface area contributed by atoms with E-state index in [-0.39, 0.29) is 0 Å². The molecule has 0 aromatic heterocycles. The van der Waals surface area contributed by atoms with E-state index in [9.17, 15) is 0 Å². The van der Waals surface area contributed by atoms with Crippen LogP contribution in [0.25, 0.3) is 0 Å². The van der Waals surface area contributed by atoms with Crippen LogP contribution in [0.4, 0.5) is 0 Å². The van der Waals surface area contributed by atoms with E-state index in [1.807, 2.05) is 0 Å². The van der Waals surface area contributed by atoms with Crippen molar-refractivity contribution in [3.8, 4) is 0 Å². The van der Waals surface area contributed by atoms with Gasteiger partial charge in [-0.15, -0.1) is 0 Å². The molecule has 0 aromatic carbocycles. The summed E-state index contributed by atoms with van der Waals surface area (Å²) in [6.07, 6.45) is 2.18. The molecule has 0 aliphatic heterocycles. The summed E-state index contributed by atoms with van der Waals surface area (Å²) in [7, 11) is 0. The van der Waals surface area contributed by atoms with Crippen LogP contribution < -0.4 is 0 Å². The Bertz CT molecular complexity index is 141. The maximum Gasteiger partial charge on any atom is -0.0259 e. The lowest BCUT2D eigenvalue weighted by atomic mass is 9.93. The molecule has 0 amide bonds. The highest BCUT2D eigenvalue weighted by Gasteiger charge is 2.04. The summed E-state index contributed by atoms with van der Waals surface area (Å²) in [5.74, 6) is 1.39. The number of hydrogen-bond acceptors (Lipinski definition) is 0. The van der Waals surface area contributed by atoms with E-state index in [1.165, 1.54) is 11.1 Å². The lowest BCUT2D eigenvalue weighted by Gasteiger charge is -2.13. The fourth-order valence-electron chi connectivity index (χ4n) is 1.27. The summed E-state index contributed by atoms with van der Waals surface area (Å²) in [5, 5.41) is 0. The predicted octanol–water partition coefficient (Wildman–Crippen LogP) is 4.19. The normalized spacial score (nSPS) is 10.8. The minimum absolute atomic E-state index is 0.696. The van der Waals surface area contributed by atoms with Crippen molar-refractivity contribution in [2.45, 2.75) is 40.5 Å². The third-order valence-electron chi connectivity index (χ3n) is 1.81. The number of rotatable bonds is 5. The molecule has 0 heterocycles. The average molecular weight is 166 g/mol. The molecule has 70 valence electrons. The van der Waals surface area contributed by atoms with Crippen LogP contribution in [0.15, 0.2) is 24.3 Å². The summed E-state index contributed by atoms with van der Waals surface area (Å²) in [5.41, 5.74) is 2.47. The van der Waals surface area contributed by atoms with Crippen LogP contribution in [-0.4, -0.2) is 0 Å². The van der Waals surface area contributed by atoms with Crippen LogP contribution in [0.3, 0.4) is 0 Å². The van der Waals surface area contributed by atoms with Crippen molar-refractivity contribution in [3.05, 3.63) is 24.3 Å². The van der Waals surface area contributed by atoms with Gasteiger partial charge >= 0.3 is 0 Å². The Morgan fingerprint density at radius 1 is 0.833 bits per heavy atom. The lowest BCUT2D eigenvalue weighted by molar-refractivity contribution is 0.614. The van der Waals surface area contributed by atoms with Gasteiger partial charge in [-0.2, -0.15) is 0 Å². The number of hydrogen-bond donors (Lipinski definition) is 0. The Balaban J connectivity index is 3.86. The van der Waals surface area contributed by atoms with Gasteiger partial charge in [0.25, 0.3) is 0 Å². The van der Waals surface area contributed by atoms with Crippen LogP contribution in [0.2, 0.25) is 0 Å². The van der Waals surface area contributed by atoms with Gasteiger partial charge < -0.3 is 0 Å².